The molecule has 0 radical (unpaired) electrons. The summed E-state index contributed by atoms with van der Waals surface area (Å²) < 4.78 is 0. The Labute approximate surface area is 91.9 Å². The van der Waals surface area contributed by atoms with Crippen LogP contribution in [0, 0.1) is 11.3 Å². The number of hydrogen-bond acceptors (Lipinski definition) is 2. The standard InChI is InChI=1S/C7H3Cl2NO.Li/c8-5-1-4(3-10)2-6(9)7(5)11;/h1-2,11H;/q;+1/p-1. The predicted molar refractivity (Wildman–Crippen MR) is 40.6 cm³/mol. The largest absolute Gasteiger partial charge is 1.00 e. The molecule has 1 aromatic rings. The molecule has 0 bridgehead atoms. The second-order valence-electron chi connectivity index (χ2n) is 1.88. The molecule has 0 unspecified atom stereocenters. The molecular formula is C7H2Cl2LiNO. The van der Waals surface area contributed by atoms with Gasteiger partial charge < -0.3 is 5.11 Å². The van der Waals surface area contributed by atoms with Gasteiger partial charge in [-0.15, -0.1) is 0 Å². The third-order valence-corrected chi connectivity index (χ3v) is 1.69. The van der Waals surface area contributed by atoms with E-state index >= 15 is 0 Å². The molecule has 0 fully saturated rings. The molecule has 0 heterocycles. The van der Waals surface area contributed by atoms with Crippen LogP contribution in [0.3, 0.4) is 0 Å². The maximum Gasteiger partial charge on any atom is 1.00 e. The Morgan fingerprint density at radius 2 is 1.67 bits per heavy atom. The summed E-state index contributed by atoms with van der Waals surface area (Å²) in [6.45, 7) is 0. The molecule has 2 nitrogen and oxygen atoms in total. The summed E-state index contributed by atoms with van der Waals surface area (Å²) in [5.41, 5.74) is 0.291. The van der Waals surface area contributed by atoms with E-state index in [0.29, 0.717) is 5.56 Å². The van der Waals surface area contributed by atoms with E-state index in [1.165, 1.54) is 12.1 Å². The summed E-state index contributed by atoms with van der Waals surface area (Å²) in [7, 11) is 0. The van der Waals surface area contributed by atoms with Gasteiger partial charge in [-0.05, 0) is 12.1 Å². The second-order valence-corrected chi connectivity index (χ2v) is 2.70. The fourth-order valence-electron chi connectivity index (χ4n) is 0.624. The number of halogens is 2. The Balaban J connectivity index is 0.00000121. The van der Waals surface area contributed by atoms with Crippen LogP contribution in [0.25, 0.3) is 0 Å². The monoisotopic (exact) mass is 193 g/mol. The molecule has 0 N–H and O–H groups in total. The Morgan fingerprint density at radius 1 is 1.25 bits per heavy atom. The summed E-state index contributed by atoms with van der Waals surface area (Å²) in [5.74, 6) is -0.438. The number of hydrogen-bond donors (Lipinski definition) is 0. The van der Waals surface area contributed by atoms with Gasteiger partial charge in [0.1, 0.15) is 0 Å². The van der Waals surface area contributed by atoms with Gasteiger partial charge >= 0.3 is 18.9 Å². The Bertz CT molecular complexity index is 312. The molecule has 1 rings (SSSR count). The summed E-state index contributed by atoms with van der Waals surface area (Å²) in [6, 6.07) is 4.40. The predicted octanol–water partition coefficient (Wildman–Crippen LogP) is -1.06. The van der Waals surface area contributed by atoms with Gasteiger partial charge in [0.25, 0.3) is 0 Å². The quantitative estimate of drug-likeness (QED) is 0.494. The molecule has 0 amide bonds. The first-order valence-electron chi connectivity index (χ1n) is 2.71. The number of nitrogens with zero attached hydrogens (tertiary/aromatic N) is 1. The van der Waals surface area contributed by atoms with Crippen LogP contribution in [0.15, 0.2) is 12.1 Å². The smallest absolute Gasteiger partial charge is 0.870 e. The van der Waals surface area contributed by atoms with Crippen LogP contribution in [0.5, 0.6) is 5.75 Å². The van der Waals surface area contributed by atoms with E-state index in [2.05, 4.69) is 0 Å². The van der Waals surface area contributed by atoms with E-state index in [4.69, 9.17) is 28.5 Å². The van der Waals surface area contributed by atoms with Crippen LogP contribution < -0.4 is 24.0 Å². The molecule has 56 valence electrons. The van der Waals surface area contributed by atoms with Crippen molar-refractivity contribution in [3.63, 3.8) is 0 Å². The Morgan fingerprint density at radius 3 is 2.00 bits per heavy atom. The summed E-state index contributed by atoms with van der Waals surface area (Å²) in [5, 5.41) is 19.2. The second kappa shape index (κ2) is 4.65. The van der Waals surface area contributed by atoms with E-state index in [1.807, 2.05) is 6.07 Å². The molecule has 0 atom stereocenters. The normalized spacial score (nSPS) is 8.42. The zero-order valence-electron chi connectivity index (χ0n) is 6.27. The fourth-order valence-corrected chi connectivity index (χ4v) is 1.11. The molecule has 0 aromatic heterocycles. The van der Waals surface area contributed by atoms with Crippen molar-refractivity contribution in [1.29, 1.82) is 5.26 Å². The van der Waals surface area contributed by atoms with Crippen molar-refractivity contribution < 1.29 is 24.0 Å². The first kappa shape index (κ1) is 11.7. The van der Waals surface area contributed by atoms with Crippen LogP contribution >= 0.6 is 23.2 Å². The van der Waals surface area contributed by atoms with Crippen LogP contribution in [0.2, 0.25) is 10.0 Å². The summed E-state index contributed by atoms with van der Waals surface area (Å²) in [6.07, 6.45) is 0. The number of benzene rings is 1. The molecule has 0 saturated carbocycles. The molecular weight excluding hydrogens is 192 g/mol. The third kappa shape index (κ3) is 2.34. The molecule has 1 aromatic carbocycles. The van der Waals surface area contributed by atoms with Crippen LogP contribution in [-0.4, -0.2) is 0 Å². The van der Waals surface area contributed by atoms with Crippen LogP contribution in [0.4, 0.5) is 0 Å². The average molecular weight is 194 g/mol. The van der Waals surface area contributed by atoms with Crippen molar-refractivity contribution in [2.75, 3.05) is 0 Å². The maximum atomic E-state index is 10.9. The van der Waals surface area contributed by atoms with Crippen LogP contribution in [0.1, 0.15) is 5.56 Å². The van der Waals surface area contributed by atoms with Gasteiger partial charge in [0, 0.05) is 10.0 Å². The van der Waals surface area contributed by atoms with Gasteiger partial charge in [-0.25, -0.2) is 0 Å². The molecule has 12 heavy (non-hydrogen) atoms. The van der Waals surface area contributed by atoms with Crippen molar-refractivity contribution in [2.45, 2.75) is 0 Å². The average Bonchev–Trinajstić information content (AvgIpc) is 1.99. The van der Waals surface area contributed by atoms with Crippen molar-refractivity contribution in [1.82, 2.24) is 0 Å². The summed E-state index contributed by atoms with van der Waals surface area (Å²) >= 11 is 10.9. The van der Waals surface area contributed by atoms with E-state index in [0.717, 1.165) is 0 Å². The van der Waals surface area contributed by atoms with E-state index in [9.17, 15) is 5.11 Å². The van der Waals surface area contributed by atoms with Gasteiger partial charge in [-0.2, -0.15) is 5.26 Å². The topological polar surface area (TPSA) is 46.8 Å². The van der Waals surface area contributed by atoms with Gasteiger partial charge in [0.05, 0.1) is 11.6 Å². The molecule has 0 aliphatic heterocycles. The molecule has 0 saturated heterocycles. The van der Waals surface area contributed by atoms with Gasteiger partial charge in [-0.3, -0.25) is 0 Å². The summed E-state index contributed by atoms with van der Waals surface area (Å²) in [4.78, 5) is 0. The van der Waals surface area contributed by atoms with Crippen molar-refractivity contribution in [2.24, 2.45) is 0 Å². The Hall–Kier alpha value is -0.313. The fraction of sp³-hybridized carbons (Fsp3) is 0. The third-order valence-electron chi connectivity index (χ3n) is 1.13. The molecule has 0 aliphatic rings. The van der Waals surface area contributed by atoms with Gasteiger partial charge in [0.2, 0.25) is 0 Å². The molecule has 0 aliphatic carbocycles. The molecule has 0 spiro atoms. The van der Waals surface area contributed by atoms with E-state index in [-0.39, 0.29) is 28.9 Å². The minimum Gasteiger partial charge on any atom is -0.870 e. The zero-order valence-corrected chi connectivity index (χ0v) is 7.78. The number of nitriles is 1. The van der Waals surface area contributed by atoms with Crippen molar-refractivity contribution in [3.05, 3.63) is 27.7 Å². The Kier molecular flexibility index (Phi) is 4.53. The van der Waals surface area contributed by atoms with Gasteiger partial charge in [-0.1, -0.05) is 29.0 Å². The van der Waals surface area contributed by atoms with Gasteiger partial charge in [0.15, 0.2) is 0 Å². The first-order chi connectivity index (χ1) is 5.15. The van der Waals surface area contributed by atoms with E-state index < -0.39 is 5.75 Å². The zero-order chi connectivity index (χ0) is 8.43. The number of rotatable bonds is 0. The minimum absolute atomic E-state index is 0. The first-order valence-corrected chi connectivity index (χ1v) is 3.47. The van der Waals surface area contributed by atoms with Crippen molar-refractivity contribution >= 4 is 23.2 Å². The van der Waals surface area contributed by atoms with E-state index in [1.54, 1.807) is 0 Å². The van der Waals surface area contributed by atoms with Crippen LogP contribution in [-0.2, 0) is 0 Å². The minimum atomic E-state index is -0.438. The maximum absolute atomic E-state index is 10.9. The molecule has 5 heteroatoms. The van der Waals surface area contributed by atoms with Crippen molar-refractivity contribution in [3.8, 4) is 11.8 Å². The SMILES string of the molecule is N#Cc1cc(Cl)c([O-])c(Cl)c1.[Li+].